The van der Waals surface area contributed by atoms with Gasteiger partial charge in [0.1, 0.15) is 5.92 Å². The Morgan fingerprint density at radius 3 is 2.35 bits per heavy atom. The minimum Gasteiger partial charge on any atom is -0.466 e. The van der Waals surface area contributed by atoms with E-state index in [-0.39, 0.29) is 5.56 Å². The van der Waals surface area contributed by atoms with E-state index in [2.05, 4.69) is 4.74 Å². The minimum atomic E-state index is -3.08. The van der Waals surface area contributed by atoms with E-state index in [4.69, 9.17) is 0 Å². The average molecular weight is 283 g/mol. The molecule has 0 aliphatic carbocycles. The summed E-state index contributed by atoms with van der Waals surface area (Å²) < 4.78 is 19.2. The van der Waals surface area contributed by atoms with Gasteiger partial charge in [-0.2, -0.15) is 0 Å². The maximum atomic E-state index is 14.9. The number of hydrogen-bond donors (Lipinski definition) is 0. The molecule has 1 aromatic rings. The molecule has 0 aliphatic heterocycles. The quantitative estimate of drug-likeness (QED) is 0.342. The lowest BCUT2D eigenvalue weighted by atomic mass is 9.81. The highest BCUT2D eigenvalue weighted by Crippen LogP contribution is 2.34. The van der Waals surface area contributed by atoms with Gasteiger partial charge in [0, 0.05) is 4.92 Å². The summed E-state index contributed by atoms with van der Waals surface area (Å²) in [5.74, 6) is -4.09. The molecular formula is C13H14FNO5. The topological polar surface area (TPSA) is 86.5 Å². The fourth-order valence-electron chi connectivity index (χ4n) is 1.98. The van der Waals surface area contributed by atoms with Gasteiger partial charge >= 0.3 is 5.97 Å². The molecule has 0 saturated carbocycles. The first-order valence-electron chi connectivity index (χ1n) is 5.79. The van der Waals surface area contributed by atoms with Crippen molar-refractivity contribution in [3.05, 3.63) is 46.0 Å². The molecule has 0 radical (unpaired) electrons. The van der Waals surface area contributed by atoms with Gasteiger partial charge in [0.05, 0.1) is 7.11 Å². The smallest absolute Gasteiger partial charge is 0.352 e. The van der Waals surface area contributed by atoms with Crippen molar-refractivity contribution in [1.82, 2.24) is 0 Å². The van der Waals surface area contributed by atoms with E-state index in [0.717, 1.165) is 14.0 Å². The highest BCUT2D eigenvalue weighted by atomic mass is 19.1. The Morgan fingerprint density at radius 2 is 1.95 bits per heavy atom. The third-order valence-corrected chi connectivity index (χ3v) is 3.01. The lowest BCUT2D eigenvalue weighted by molar-refractivity contribution is -0.485. The summed E-state index contributed by atoms with van der Waals surface area (Å²) in [7, 11) is 0.924. The number of carbonyl (C=O) groups excluding carboxylic acids is 2. The molecule has 0 aliphatic rings. The summed E-state index contributed by atoms with van der Waals surface area (Å²) >= 11 is 0. The van der Waals surface area contributed by atoms with Crippen LogP contribution >= 0.6 is 0 Å². The monoisotopic (exact) mass is 283 g/mol. The average Bonchev–Trinajstić information content (AvgIpc) is 2.43. The van der Waals surface area contributed by atoms with E-state index in [1.54, 1.807) is 18.2 Å². The van der Waals surface area contributed by atoms with Crippen LogP contribution in [0.15, 0.2) is 30.3 Å². The molecule has 1 rings (SSSR count). The van der Waals surface area contributed by atoms with Gasteiger partial charge in [-0.3, -0.25) is 14.9 Å². The van der Waals surface area contributed by atoms with Crippen LogP contribution < -0.4 is 0 Å². The van der Waals surface area contributed by atoms with Crippen molar-refractivity contribution in [3.63, 3.8) is 0 Å². The molecule has 108 valence electrons. The van der Waals surface area contributed by atoms with E-state index in [1.165, 1.54) is 12.1 Å². The van der Waals surface area contributed by atoms with E-state index in [9.17, 15) is 24.1 Å². The fraction of sp³-hybridized carbons (Fsp3) is 0.385. The first kappa shape index (κ1) is 15.7. The number of methoxy groups -OCH3 is 1. The van der Waals surface area contributed by atoms with Crippen LogP contribution in [-0.2, 0) is 14.3 Å². The number of hydrogen-bond acceptors (Lipinski definition) is 5. The molecule has 0 bridgehead atoms. The summed E-state index contributed by atoms with van der Waals surface area (Å²) in [6, 6.07) is 7.57. The molecule has 1 aromatic carbocycles. The van der Waals surface area contributed by atoms with Gasteiger partial charge in [-0.1, -0.05) is 30.3 Å². The third-order valence-electron chi connectivity index (χ3n) is 3.01. The molecule has 0 heterocycles. The zero-order valence-electron chi connectivity index (χ0n) is 11.0. The van der Waals surface area contributed by atoms with Crippen molar-refractivity contribution in [1.29, 1.82) is 0 Å². The van der Waals surface area contributed by atoms with Crippen molar-refractivity contribution in [3.8, 4) is 0 Å². The van der Waals surface area contributed by atoms with Crippen molar-refractivity contribution >= 4 is 11.8 Å². The number of nitrogens with zero attached hydrogens (tertiary/aromatic N) is 1. The maximum Gasteiger partial charge on any atom is 0.352 e. The SMILES string of the molecule is COC(=O)[C@](F)(C(C)=O)[C@H](C[N+](=O)[O-])c1ccccc1. The number of ketones is 1. The fourth-order valence-corrected chi connectivity index (χ4v) is 1.98. The summed E-state index contributed by atoms with van der Waals surface area (Å²) in [5.41, 5.74) is -2.89. The molecule has 7 heteroatoms. The van der Waals surface area contributed by atoms with Crippen LogP contribution in [-0.4, -0.2) is 36.0 Å². The highest BCUT2D eigenvalue weighted by molar-refractivity contribution is 6.07. The van der Waals surface area contributed by atoms with Gasteiger partial charge in [-0.15, -0.1) is 0 Å². The van der Waals surface area contributed by atoms with Gasteiger partial charge in [0.15, 0.2) is 5.78 Å². The van der Waals surface area contributed by atoms with Gasteiger partial charge in [0.2, 0.25) is 6.54 Å². The van der Waals surface area contributed by atoms with Crippen LogP contribution in [0, 0.1) is 10.1 Å². The summed E-state index contributed by atoms with van der Waals surface area (Å²) in [5, 5.41) is 10.7. The summed E-state index contributed by atoms with van der Waals surface area (Å²) in [6.07, 6.45) is 0. The van der Waals surface area contributed by atoms with E-state index in [1.807, 2.05) is 0 Å². The molecule has 0 saturated heterocycles. The summed E-state index contributed by atoms with van der Waals surface area (Å²) in [4.78, 5) is 33.2. The van der Waals surface area contributed by atoms with Crippen molar-refractivity contribution in [2.75, 3.05) is 13.7 Å². The number of nitro groups is 1. The van der Waals surface area contributed by atoms with Gasteiger partial charge in [-0.05, 0) is 12.5 Å². The van der Waals surface area contributed by atoms with Crippen LogP contribution in [0.1, 0.15) is 18.4 Å². The molecule has 0 unspecified atom stereocenters. The van der Waals surface area contributed by atoms with Crippen LogP contribution in [0.25, 0.3) is 0 Å². The van der Waals surface area contributed by atoms with E-state index < -0.39 is 34.8 Å². The second-order valence-electron chi connectivity index (χ2n) is 4.24. The predicted octanol–water partition coefficient (Wildman–Crippen LogP) is 1.52. The van der Waals surface area contributed by atoms with E-state index in [0.29, 0.717) is 0 Å². The number of Topliss-reactive ketones (excluding diaryl/α,β-unsaturated/α-hetero) is 1. The molecule has 0 fully saturated rings. The lowest BCUT2D eigenvalue weighted by Gasteiger charge is -2.26. The Morgan fingerprint density at radius 1 is 1.40 bits per heavy atom. The van der Waals surface area contributed by atoms with Gasteiger partial charge in [0.25, 0.3) is 5.67 Å². The Hall–Kier alpha value is -2.31. The molecular weight excluding hydrogens is 269 g/mol. The first-order valence-corrected chi connectivity index (χ1v) is 5.79. The zero-order valence-corrected chi connectivity index (χ0v) is 11.0. The standard InChI is InChI=1S/C13H14FNO5/c1-9(16)13(14,12(17)20-2)11(8-15(18)19)10-6-4-3-5-7-10/h3-7,11H,8H2,1-2H3/t11-,13+/m1/s1. The number of ether oxygens (including phenoxy) is 1. The molecule has 2 atom stereocenters. The number of alkyl halides is 1. The number of halogens is 1. The Bertz CT molecular complexity index is 519. The Kier molecular flexibility index (Phi) is 4.90. The number of benzene rings is 1. The van der Waals surface area contributed by atoms with Gasteiger partial charge in [-0.25, -0.2) is 9.18 Å². The molecule has 0 aromatic heterocycles. The number of esters is 1. The van der Waals surface area contributed by atoms with Crippen LogP contribution in [0.2, 0.25) is 0 Å². The van der Waals surface area contributed by atoms with Gasteiger partial charge < -0.3 is 4.74 Å². The molecule has 6 nitrogen and oxygen atoms in total. The Balaban J connectivity index is 3.37. The van der Waals surface area contributed by atoms with Crippen molar-refractivity contribution < 1.29 is 23.6 Å². The normalized spacial score (nSPS) is 14.9. The Labute approximate surface area is 114 Å². The largest absolute Gasteiger partial charge is 0.466 e. The maximum absolute atomic E-state index is 14.9. The predicted molar refractivity (Wildman–Crippen MR) is 67.6 cm³/mol. The zero-order chi connectivity index (χ0) is 15.3. The first-order chi connectivity index (χ1) is 9.33. The molecule has 20 heavy (non-hydrogen) atoms. The molecule has 0 spiro atoms. The second-order valence-corrected chi connectivity index (χ2v) is 4.24. The third kappa shape index (κ3) is 2.98. The minimum absolute atomic E-state index is 0.187. The lowest BCUT2D eigenvalue weighted by Crippen LogP contribution is -2.49. The van der Waals surface area contributed by atoms with E-state index >= 15 is 0 Å². The number of rotatable bonds is 6. The van der Waals surface area contributed by atoms with Crippen molar-refractivity contribution in [2.45, 2.75) is 18.5 Å². The van der Waals surface area contributed by atoms with Crippen LogP contribution in [0.3, 0.4) is 0 Å². The van der Waals surface area contributed by atoms with Crippen LogP contribution in [0.4, 0.5) is 4.39 Å². The highest BCUT2D eigenvalue weighted by Gasteiger charge is 2.55. The second kappa shape index (κ2) is 6.23. The molecule has 0 amide bonds. The molecule has 0 N–H and O–H groups in total. The number of carbonyl (C=O) groups is 2. The van der Waals surface area contributed by atoms with Crippen LogP contribution in [0.5, 0.6) is 0 Å². The van der Waals surface area contributed by atoms with Crippen molar-refractivity contribution in [2.24, 2.45) is 0 Å². The summed E-state index contributed by atoms with van der Waals surface area (Å²) in [6.45, 7) is -0.0258.